The summed E-state index contributed by atoms with van der Waals surface area (Å²) in [6, 6.07) is 10.6. The Morgan fingerprint density at radius 1 is 1.19 bits per heavy atom. The van der Waals surface area contributed by atoms with E-state index in [2.05, 4.69) is 6.58 Å². The van der Waals surface area contributed by atoms with E-state index in [1.165, 1.54) is 0 Å². The number of nitrogens with zero attached hydrogens (tertiary/aromatic N) is 2. The second-order valence-corrected chi connectivity index (χ2v) is 8.11. The number of morpholine rings is 1. The van der Waals surface area contributed by atoms with E-state index in [0.29, 0.717) is 36.7 Å². The second kappa shape index (κ2) is 9.12. The average molecular weight is 440 g/mol. The van der Waals surface area contributed by atoms with Crippen molar-refractivity contribution in [3.8, 4) is 5.75 Å². The summed E-state index contributed by atoms with van der Waals surface area (Å²) in [7, 11) is 0. The van der Waals surface area contributed by atoms with Gasteiger partial charge in [-0.1, -0.05) is 18.7 Å². The first-order chi connectivity index (χ1) is 15.4. The van der Waals surface area contributed by atoms with E-state index in [1.807, 2.05) is 32.0 Å². The lowest BCUT2D eigenvalue weighted by atomic mass is 10.2. The van der Waals surface area contributed by atoms with Crippen LogP contribution in [-0.4, -0.2) is 47.3 Å². The molecule has 32 heavy (non-hydrogen) atoms. The minimum atomic E-state index is -0.531. The predicted octanol–water partition coefficient (Wildman–Crippen LogP) is 4.78. The van der Waals surface area contributed by atoms with Gasteiger partial charge in [-0.3, -0.25) is 4.79 Å². The molecule has 1 aromatic heterocycles. The minimum Gasteiger partial charge on any atom is -0.489 e. The summed E-state index contributed by atoms with van der Waals surface area (Å²) in [4.78, 5) is 15.3. The van der Waals surface area contributed by atoms with Crippen molar-refractivity contribution in [2.75, 3.05) is 19.7 Å². The van der Waals surface area contributed by atoms with Gasteiger partial charge in [-0.2, -0.15) is 0 Å². The van der Waals surface area contributed by atoms with E-state index >= 15 is 0 Å². The number of hydrogen-bond acceptors (Lipinski definition) is 3. The van der Waals surface area contributed by atoms with Gasteiger partial charge in [0.2, 0.25) is 0 Å². The van der Waals surface area contributed by atoms with Gasteiger partial charge in [-0.15, -0.1) is 0 Å². The van der Waals surface area contributed by atoms with Crippen LogP contribution in [-0.2, 0) is 11.3 Å². The zero-order valence-electron chi connectivity index (χ0n) is 18.2. The normalized spacial score (nSPS) is 18.7. The molecule has 0 aliphatic carbocycles. The molecule has 0 N–H and O–H groups in total. The molecule has 2 atom stereocenters. The van der Waals surface area contributed by atoms with Crippen molar-refractivity contribution >= 4 is 16.8 Å². The molecule has 0 unspecified atom stereocenters. The summed E-state index contributed by atoms with van der Waals surface area (Å²) in [6.07, 6.45) is 1.46. The van der Waals surface area contributed by atoms with E-state index < -0.39 is 11.6 Å². The highest BCUT2D eigenvalue weighted by Gasteiger charge is 2.29. The Morgan fingerprint density at radius 2 is 1.94 bits per heavy atom. The van der Waals surface area contributed by atoms with Gasteiger partial charge in [0.25, 0.3) is 5.91 Å². The van der Waals surface area contributed by atoms with E-state index in [-0.39, 0.29) is 30.2 Å². The highest BCUT2D eigenvalue weighted by Crippen LogP contribution is 2.31. The molecule has 168 valence electrons. The first kappa shape index (κ1) is 22.0. The highest BCUT2D eigenvalue weighted by atomic mass is 19.1. The molecule has 0 radical (unpaired) electrons. The highest BCUT2D eigenvalue weighted by molar-refractivity contribution is 6.00. The molecule has 1 fully saturated rings. The first-order valence-electron chi connectivity index (χ1n) is 10.6. The number of aromatic nitrogens is 1. The van der Waals surface area contributed by atoms with Crippen LogP contribution in [0.25, 0.3) is 10.9 Å². The third-order valence-corrected chi connectivity index (χ3v) is 5.52. The van der Waals surface area contributed by atoms with E-state index in [1.54, 1.807) is 21.6 Å². The lowest BCUT2D eigenvalue weighted by Crippen LogP contribution is -2.48. The molecule has 2 heterocycles. The summed E-state index contributed by atoms with van der Waals surface area (Å²) in [5.41, 5.74) is 1.25. The number of fused-ring (bicyclic) bond motifs is 1. The van der Waals surface area contributed by atoms with Gasteiger partial charge in [-0.25, -0.2) is 8.78 Å². The maximum absolute atomic E-state index is 14.5. The number of ether oxygens (including phenoxy) is 2. The van der Waals surface area contributed by atoms with Gasteiger partial charge in [-0.05, 0) is 50.2 Å². The second-order valence-electron chi connectivity index (χ2n) is 8.11. The van der Waals surface area contributed by atoms with Crippen LogP contribution in [0.3, 0.4) is 0 Å². The summed E-state index contributed by atoms with van der Waals surface area (Å²) >= 11 is 0. The third kappa shape index (κ3) is 4.39. The zero-order chi connectivity index (χ0) is 22.8. The van der Waals surface area contributed by atoms with Crippen LogP contribution >= 0.6 is 0 Å². The number of carbonyl (C=O) groups excluding carboxylic acids is 1. The number of halogens is 2. The maximum Gasteiger partial charge on any atom is 0.270 e. The Labute approximate surface area is 185 Å². The van der Waals surface area contributed by atoms with Crippen molar-refractivity contribution in [1.29, 1.82) is 0 Å². The average Bonchev–Trinajstić information content (AvgIpc) is 3.12. The standard InChI is InChI=1S/C25H26F2N2O3/c1-4-10-31-24-7-5-6-22-20(24)12-23(25(30)28-13-16(2)32-17(3)14-28)29(22)15-18-11-19(26)8-9-21(18)27/h4-9,11-12,16-17H,1,10,13-15H2,2-3H3/t16-,17-/m1/s1. The number of benzene rings is 2. The lowest BCUT2D eigenvalue weighted by Gasteiger charge is -2.35. The van der Waals surface area contributed by atoms with Crippen molar-refractivity contribution in [1.82, 2.24) is 9.47 Å². The molecule has 0 bridgehead atoms. The van der Waals surface area contributed by atoms with Gasteiger partial charge < -0.3 is 18.9 Å². The molecule has 0 saturated carbocycles. The zero-order valence-corrected chi connectivity index (χ0v) is 18.2. The number of hydrogen-bond donors (Lipinski definition) is 0. The Morgan fingerprint density at radius 3 is 2.66 bits per heavy atom. The van der Waals surface area contributed by atoms with Gasteiger partial charge >= 0.3 is 0 Å². The van der Waals surface area contributed by atoms with Crippen LogP contribution in [0.2, 0.25) is 0 Å². The summed E-state index contributed by atoms with van der Waals surface area (Å²) in [5, 5.41) is 0.726. The molecule has 1 saturated heterocycles. The molecule has 5 nitrogen and oxygen atoms in total. The van der Waals surface area contributed by atoms with Gasteiger partial charge in [0, 0.05) is 24.0 Å². The molecular formula is C25H26F2N2O3. The fourth-order valence-electron chi connectivity index (χ4n) is 4.22. The Balaban J connectivity index is 1.82. The molecule has 1 aliphatic heterocycles. The summed E-state index contributed by atoms with van der Waals surface area (Å²) in [5.74, 6) is -0.649. The quantitative estimate of drug-likeness (QED) is 0.518. The van der Waals surface area contributed by atoms with Crippen LogP contribution in [0.1, 0.15) is 29.9 Å². The molecule has 1 aliphatic rings. The topological polar surface area (TPSA) is 43.7 Å². The van der Waals surface area contributed by atoms with Gasteiger partial charge in [0.15, 0.2) is 0 Å². The summed E-state index contributed by atoms with van der Waals surface area (Å²) in [6.45, 7) is 8.76. The lowest BCUT2D eigenvalue weighted by molar-refractivity contribution is -0.0588. The molecule has 1 amide bonds. The molecule has 3 aromatic rings. The van der Waals surface area contributed by atoms with Crippen LogP contribution in [0.4, 0.5) is 8.78 Å². The maximum atomic E-state index is 14.5. The summed E-state index contributed by atoms with van der Waals surface area (Å²) < 4.78 is 41.6. The van der Waals surface area contributed by atoms with Crippen molar-refractivity contribution in [3.05, 3.63) is 78.0 Å². The van der Waals surface area contributed by atoms with Crippen LogP contribution in [0.5, 0.6) is 5.75 Å². The Kier molecular flexibility index (Phi) is 6.28. The third-order valence-electron chi connectivity index (χ3n) is 5.52. The van der Waals surface area contributed by atoms with Crippen molar-refractivity contribution < 1.29 is 23.0 Å². The van der Waals surface area contributed by atoms with Gasteiger partial charge in [0.05, 0.1) is 24.3 Å². The number of rotatable bonds is 6. The van der Waals surface area contributed by atoms with Crippen LogP contribution in [0.15, 0.2) is 55.1 Å². The molecule has 7 heteroatoms. The Hall–Kier alpha value is -3.19. The smallest absolute Gasteiger partial charge is 0.270 e. The number of carbonyl (C=O) groups is 1. The van der Waals surface area contributed by atoms with Crippen LogP contribution in [0, 0.1) is 11.6 Å². The molecule has 4 rings (SSSR count). The molecular weight excluding hydrogens is 414 g/mol. The predicted molar refractivity (Wildman–Crippen MR) is 119 cm³/mol. The minimum absolute atomic E-state index is 0.00846. The van der Waals surface area contributed by atoms with Gasteiger partial charge in [0.1, 0.15) is 29.7 Å². The Bertz CT molecular complexity index is 1150. The van der Waals surface area contributed by atoms with Crippen molar-refractivity contribution in [3.63, 3.8) is 0 Å². The van der Waals surface area contributed by atoms with E-state index in [4.69, 9.17) is 9.47 Å². The molecule has 0 spiro atoms. The fourth-order valence-corrected chi connectivity index (χ4v) is 4.22. The van der Waals surface area contributed by atoms with Crippen LogP contribution < -0.4 is 4.74 Å². The largest absolute Gasteiger partial charge is 0.489 e. The van der Waals surface area contributed by atoms with E-state index in [0.717, 1.165) is 23.6 Å². The van der Waals surface area contributed by atoms with E-state index in [9.17, 15) is 13.6 Å². The monoisotopic (exact) mass is 440 g/mol. The fraction of sp³-hybridized carbons (Fsp3) is 0.320. The first-order valence-corrected chi connectivity index (χ1v) is 10.6. The SMILES string of the molecule is C=CCOc1cccc2c1cc(C(=O)N1C[C@@H](C)O[C@H](C)C1)n2Cc1cc(F)ccc1F. The van der Waals surface area contributed by atoms with Crippen molar-refractivity contribution in [2.45, 2.75) is 32.6 Å². The van der Waals surface area contributed by atoms with Crippen molar-refractivity contribution in [2.24, 2.45) is 0 Å². The molecule has 2 aromatic carbocycles. The number of amides is 1.